The van der Waals surface area contributed by atoms with Gasteiger partial charge in [0.25, 0.3) is 11.8 Å². The van der Waals surface area contributed by atoms with Gasteiger partial charge in [-0.05, 0) is 37.8 Å². The van der Waals surface area contributed by atoms with Gasteiger partial charge in [0.1, 0.15) is 11.3 Å². The highest BCUT2D eigenvalue weighted by molar-refractivity contribution is 6.40. The molecule has 5 N–H and O–H groups in total. The molecule has 0 spiro atoms. The summed E-state index contributed by atoms with van der Waals surface area (Å²) in [5, 5.41) is 2.73. The van der Waals surface area contributed by atoms with Crippen LogP contribution in [0.1, 0.15) is 44.1 Å². The third-order valence-electron chi connectivity index (χ3n) is 4.62. The Kier molecular flexibility index (Phi) is 7.03. The van der Waals surface area contributed by atoms with Crippen LogP contribution in [0.5, 0.6) is 0 Å². The van der Waals surface area contributed by atoms with Crippen LogP contribution in [0.3, 0.4) is 0 Å². The number of primary amides is 1. The lowest BCUT2D eigenvalue weighted by molar-refractivity contribution is -0.128. The van der Waals surface area contributed by atoms with E-state index in [1.807, 2.05) is 30.3 Å². The second-order valence-electron chi connectivity index (χ2n) is 6.61. The zero-order valence-electron chi connectivity index (χ0n) is 14.9. The van der Waals surface area contributed by atoms with E-state index in [4.69, 9.17) is 11.5 Å². The number of nitrogens with zero attached hydrogens (tertiary/aromatic N) is 1. The van der Waals surface area contributed by atoms with Gasteiger partial charge in [-0.15, -0.1) is 0 Å². The maximum absolute atomic E-state index is 12.7. The summed E-state index contributed by atoms with van der Waals surface area (Å²) in [5.41, 5.74) is 10.9. The second-order valence-corrected chi connectivity index (χ2v) is 6.61. The summed E-state index contributed by atoms with van der Waals surface area (Å²) in [6.07, 6.45) is 3.58. The lowest BCUT2D eigenvalue weighted by Crippen LogP contribution is -2.57. The minimum Gasteiger partial charge on any atom is -0.368 e. The molecule has 0 aromatic heterocycles. The molecular formula is C19H26N4O3. The lowest BCUT2D eigenvalue weighted by atomic mass is 9.96. The van der Waals surface area contributed by atoms with Crippen LogP contribution in [0.4, 0.5) is 0 Å². The van der Waals surface area contributed by atoms with Crippen LogP contribution in [0.15, 0.2) is 35.3 Å². The number of amides is 3. The van der Waals surface area contributed by atoms with Crippen molar-refractivity contribution in [2.75, 3.05) is 6.54 Å². The molecule has 1 fully saturated rings. The minimum atomic E-state index is -1.04. The van der Waals surface area contributed by atoms with Crippen LogP contribution in [-0.4, -0.2) is 35.5 Å². The summed E-state index contributed by atoms with van der Waals surface area (Å²) in [4.78, 5) is 40.8. The molecule has 0 saturated heterocycles. The van der Waals surface area contributed by atoms with Crippen molar-refractivity contribution in [3.63, 3.8) is 0 Å². The van der Waals surface area contributed by atoms with Gasteiger partial charge in [0.15, 0.2) is 0 Å². The summed E-state index contributed by atoms with van der Waals surface area (Å²) in [5.74, 6) is -1.46. The van der Waals surface area contributed by atoms with Gasteiger partial charge in [0.2, 0.25) is 5.91 Å². The molecule has 2 rings (SSSR count). The predicted octanol–water partition coefficient (Wildman–Crippen LogP) is 0.850. The average molecular weight is 358 g/mol. The molecule has 1 aliphatic rings. The number of rotatable bonds is 8. The first-order chi connectivity index (χ1) is 12.5. The molecule has 3 amide bonds. The van der Waals surface area contributed by atoms with Gasteiger partial charge >= 0.3 is 0 Å². The first kappa shape index (κ1) is 19.8. The van der Waals surface area contributed by atoms with Crippen molar-refractivity contribution in [3.05, 3.63) is 35.9 Å². The van der Waals surface area contributed by atoms with Crippen LogP contribution in [0, 0.1) is 0 Å². The van der Waals surface area contributed by atoms with Gasteiger partial charge in [0.05, 0.1) is 6.42 Å². The standard InChI is InChI=1S/C19H26N4O3/c20-12-6-9-15(22-16(24)13-14-7-2-1-3-8-14)17(25)23-19(18(21)26)10-4-5-11-19/h1-3,7-8H,4-6,9-13,20H2,(H2,21,26)(H,23,25)/b22-15+. The molecule has 1 aromatic rings. The van der Waals surface area contributed by atoms with Crippen molar-refractivity contribution in [2.24, 2.45) is 16.5 Å². The molecule has 1 aliphatic carbocycles. The Morgan fingerprint density at radius 1 is 1.12 bits per heavy atom. The van der Waals surface area contributed by atoms with Crippen LogP contribution < -0.4 is 16.8 Å². The Labute approximate surface area is 153 Å². The molecule has 7 nitrogen and oxygen atoms in total. The summed E-state index contributed by atoms with van der Waals surface area (Å²) in [6, 6.07) is 9.19. The molecule has 26 heavy (non-hydrogen) atoms. The first-order valence-electron chi connectivity index (χ1n) is 8.93. The van der Waals surface area contributed by atoms with Crippen molar-refractivity contribution < 1.29 is 14.4 Å². The van der Waals surface area contributed by atoms with Crippen molar-refractivity contribution in [2.45, 2.75) is 50.5 Å². The molecule has 0 unspecified atom stereocenters. The van der Waals surface area contributed by atoms with E-state index in [9.17, 15) is 14.4 Å². The Bertz CT molecular complexity index is 679. The number of nitrogens with two attached hydrogens (primary N) is 2. The Balaban J connectivity index is 2.13. The van der Waals surface area contributed by atoms with Gasteiger partial charge in [-0.25, -0.2) is 4.99 Å². The van der Waals surface area contributed by atoms with Crippen molar-refractivity contribution in [3.8, 4) is 0 Å². The molecule has 0 bridgehead atoms. The van der Waals surface area contributed by atoms with E-state index < -0.39 is 23.3 Å². The fourth-order valence-electron chi connectivity index (χ4n) is 3.15. The largest absolute Gasteiger partial charge is 0.368 e. The van der Waals surface area contributed by atoms with Crippen LogP contribution in [0.2, 0.25) is 0 Å². The summed E-state index contributed by atoms with van der Waals surface area (Å²) < 4.78 is 0. The van der Waals surface area contributed by atoms with E-state index in [2.05, 4.69) is 10.3 Å². The van der Waals surface area contributed by atoms with Crippen LogP contribution in [0.25, 0.3) is 0 Å². The van der Waals surface area contributed by atoms with E-state index in [1.165, 1.54) is 0 Å². The first-order valence-corrected chi connectivity index (χ1v) is 8.93. The molecule has 0 aliphatic heterocycles. The highest BCUT2D eigenvalue weighted by Crippen LogP contribution is 2.29. The molecule has 1 saturated carbocycles. The van der Waals surface area contributed by atoms with Gasteiger partial charge in [-0.2, -0.15) is 0 Å². The third kappa shape index (κ3) is 5.23. The highest BCUT2D eigenvalue weighted by atomic mass is 16.2. The molecular weight excluding hydrogens is 332 g/mol. The zero-order valence-corrected chi connectivity index (χ0v) is 14.9. The topological polar surface area (TPSA) is 128 Å². The fourth-order valence-corrected chi connectivity index (χ4v) is 3.15. The number of hydrogen-bond acceptors (Lipinski definition) is 4. The molecule has 7 heteroatoms. The molecule has 0 radical (unpaired) electrons. The van der Waals surface area contributed by atoms with Crippen molar-refractivity contribution in [1.29, 1.82) is 0 Å². The van der Waals surface area contributed by atoms with E-state index in [-0.39, 0.29) is 18.6 Å². The average Bonchev–Trinajstić information content (AvgIpc) is 3.09. The Hall–Kier alpha value is -2.54. The predicted molar refractivity (Wildman–Crippen MR) is 99.4 cm³/mol. The number of hydrogen-bond donors (Lipinski definition) is 3. The van der Waals surface area contributed by atoms with E-state index in [0.717, 1.165) is 18.4 Å². The SMILES string of the molecule is NCCC/C(=N\C(=O)Cc1ccccc1)C(=O)NC1(C(N)=O)CCCC1. The van der Waals surface area contributed by atoms with E-state index in [1.54, 1.807) is 0 Å². The van der Waals surface area contributed by atoms with Crippen molar-refractivity contribution >= 4 is 23.4 Å². The monoisotopic (exact) mass is 358 g/mol. The van der Waals surface area contributed by atoms with Crippen molar-refractivity contribution in [1.82, 2.24) is 5.32 Å². The fraction of sp³-hybridized carbons (Fsp3) is 0.474. The van der Waals surface area contributed by atoms with Gasteiger partial charge in [-0.1, -0.05) is 43.2 Å². The summed E-state index contributed by atoms with van der Waals surface area (Å²) >= 11 is 0. The Morgan fingerprint density at radius 3 is 2.35 bits per heavy atom. The number of nitrogens with one attached hydrogen (secondary N) is 1. The zero-order chi connectivity index (χ0) is 19.0. The maximum atomic E-state index is 12.7. The molecule has 0 atom stereocenters. The summed E-state index contributed by atoms with van der Waals surface area (Å²) in [7, 11) is 0. The van der Waals surface area contributed by atoms with Gasteiger partial charge in [-0.3, -0.25) is 14.4 Å². The van der Waals surface area contributed by atoms with Gasteiger partial charge < -0.3 is 16.8 Å². The molecule has 1 aromatic carbocycles. The third-order valence-corrected chi connectivity index (χ3v) is 4.62. The van der Waals surface area contributed by atoms with Crippen LogP contribution >= 0.6 is 0 Å². The lowest BCUT2D eigenvalue weighted by Gasteiger charge is -2.26. The number of carbonyl (C=O) groups excluding carboxylic acids is 3. The van der Waals surface area contributed by atoms with Gasteiger partial charge in [0, 0.05) is 0 Å². The highest BCUT2D eigenvalue weighted by Gasteiger charge is 2.41. The quantitative estimate of drug-likeness (QED) is 0.595. The van der Waals surface area contributed by atoms with E-state index >= 15 is 0 Å². The smallest absolute Gasteiger partial charge is 0.266 e. The van der Waals surface area contributed by atoms with Crippen LogP contribution in [-0.2, 0) is 20.8 Å². The molecule has 0 heterocycles. The molecule has 140 valence electrons. The second kappa shape index (κ2) is 9.24. The Morgan fingerprint density at radius 2 is 1.77 bits per heavy atom. The number of aliphatic imine (C=N–C) groups is 1. The normalized spacial score (nSPS) is 16.3. The minimum absolute atomic E-state index is 0.101. The summed E-state index contributed by atoms with van der Waals surface area (Å²) in [6.45, 7) is 0.375. The van der Waals surface area contributed by atoms with E-state index in [0.29, 0.717) is 25.8 Å². The number of carbonyl (C=O) groups is 3. The number of benzene rings is 1. The maximum Gasteiger partial charge on any atom is 0.266 e.